The maximum atomic E-state index is 11.7. The minimum Gasteiger partial charge on any atom is -0.300 e. The van der Waals surface area contributed by atoms with Gasteiger partial charge in [0.15, 0.2) is 11.0 Å². The zero-order chi connectivity index (χ0) is 20.4. The van der Waals surface area contributed by atoms with Gasteiger partial charge in [-0.15, -0.1) is 10.2 Å². The van der Waals surface area contributed by atoms with Gasteiger partial charge in [0.05, 0.1) is 6.54 Å². The van der Waals surface area contributed by atoms with E-state index in [1.54, 1.807) is 11.8 Å². The van der Waals surface area contributed by atoms with E-state index in [0.717, 1.165) is 23.0 Å². The molecule has 1 saturated carbocycles. The topological polar surface area (TPSA) is 47.8 Å². The van der Waals surface area contributed by atoms with Gasteiger partial charge in [-0.3, -0.25) is 9.36 Å². The summed E-state index contributed by atoms with van der Waals surface area (Å²) in [6.07, 6.45) is 2.25. The van der Waals surface area contributed by atoms with Gasteiger partial charge in [0.2, 0.25) is 0 Å². The van der Waals surface area contributed by atoms with Crippen LogP contribution in [0, 0.1) is 0 Å². The minimum absolute atomic E-state index is 0.117. The van der Waals surface area contributed by atoms with Crippen LogP contribution in [0.2, 0.25) is 0 Å². The molecule has 1 fully saturated rings. The number of carbonyl (C=O) groups excluding carboxylic acids is 1. The van der Waals surface area contributed by atoms with Gasteiger partial charge in [0.25, 0.3) is 0 Å². The molecule has 150 valence electrons. The fourth-order valence-electron chi connectivity index (χ4n) is 3.65. The van der Waals surface area contributed by atoms with E-state index in [1.807, 2.05) is 6.07 Å². The Hall–Kier alpha value is -2.40. The van der Waals surface area contributed by atoms with Gasteiger partial charge >= 0.3 is 0 Å². The van der Waals surface area contributed by atoms with Crippen LogP contribution in [0.25, 0.3) is 11.4 Å². The molecule has 0 aliphatic heterocycles. The van der Waals surface area contributed by atoms with Crippen molar-refractivity contribution >= 4 is 17.5 Å². The average molecular weight is 406 g/mol. The highest BCUT2D eigenvalue weighted by molar-refractivity contribution is 7.99. The third-order valence-corrected chi connectivity index (χ3v) is 6.63. The predicted molar refractivity (Wildman–Crippen MR) is 118 cm³/mol. The summed E-state index contributed by atoms with van der Waals surface area (Å²) in [5.74, 6) is 1.23. The smallest absolute Gasteiger partial charge is 0.192 e. The second kappa shape index (κ2) is 8.15. The monoisotopic (exact) mass is 405 g/mol. The number of ketones is 1. The number of hydrogen-bond donors (Lipinski definition) is 0. The van der Waals surface area contributed by atoms with Crippen LogP contribution < -0.4 is 0 Å². The molecule has 0 spiro atoms. The number of Topliss-reactive ketones (excluding diaryl/α,β-unsaturated/α-hetero) is 1. The molecule has 4 rings (SSSR count). The lowest BCUT2D eigenvalue weighted by Crippen LogP contribution is -2.10. The summed E-state index contributed by atoms with van der Waals surface area (Å²) in [6.45, 7) is 7.37. The Labute approximate surface area is 176 Å². The van der Waals surface area contributed by atoms with Crippen molar-refractivity contribution in [2.75, 3.05) is 0 Å². The fraction of sp³-hybridized carbons (Fsp3) is 0.375. The van der Waals surface area contributed by atoms with Crippen LogP contribution in [0.4, 0.5) is 0 Å². The zero-order valence-electron chi connectivity index (χ0n) is 17.3. The SMILES string of the molecule is CC(C)(C)c1ccc(-c2nnc(S[C@@H]3CCC(=O)C3)n2Cc2ccccc2)cc1. The van der Waals surface area contributed by atoms with Gasteiger partial charge in [-0.05, 0) is 23.0 Å². The Morgan fingerprint density at radius 1 is 1.03 bits per heavy atom. The average Bonchev–Trinajstić information content (AvgIpc) is 3.29. The Morgan fingerprint density at radius 3 is 2.38 bits per heavy atom. The number of thioether (sulfide) groups is 1. The molecule has 1 aliphatic rings. The van der Waals surface area contributed by atoms with E-state index in [-0.39, 0.29) is 5.41 Å². The Kier molecular flexibility index (Phi) is 5.59. The van der Waals surface area contributed by atoms with Crippen molar-refractivity contribution in [3.05, 3.63) is 65.7 Å². The van der Waals surface area contributed by atoms with Crippen LogP contribution in [0.1, 0.15) is 51.2 Å². The molecule has 29 heavy (non-hydrogen) atoms. The van der Waals surface area contributed by atoms with E-state index in [2.05, 4.69) is 84.1 Å². The van der Waals surface area contributed by atoms with E-state index in [0.29, 0.717) is 30.4 Å². The molecule has 5 heteroatoms. The van der Waals surface area contributed by atoms with Crippen molar-refractivity contribution in [3.8, 4) is 11.4 Å². The molecule has 1 heterocycles. The molecule has 4 nitrogen and oxygen atoms in total. The summed E-state index contributed by atoms with van der Waals surface area (Å²) in [4.78, 5) is 11.7. The van der Waals surface area contributed by atoms with E-state index >= 15 is 0 Å². The third kappa shape index (κ3) is 4.61. The Balaban J connectivity index is 1.68. The minimum atomic E-state index is 0.117. The highest BCUT2D eigenvalue weighted by Crippen LogP contribution is 2.34. The van der Waals surface area contributed by atoms with E-state index in [4.69, 9.17) is 0 Å². The molecule has 1 aromatic heterocycles. The summed E-state index contributed by atoms with van der Waals surface area (Å²) in [5, 5.41) is 10.3. The maximum absolute atomic E-state index is 11.7. The second-order valence-corrected chi connectivity index (χ2v) is 9.99. The lowest BCUT2D eigenvalue weighted by atomic mass is 9.87. The van der Waals surface area contributed by atoms with Crippen molar-refractivity contribution in [3.63, 3.8) is 0 Å². The van der Waals surface area contributed by atoms with Crippen molar-refractivity contribution in [2.24, 2.45) is 0 Å². The standard InChI is InChI=1S/C24H27N3OS/c1-24(2,3)19-11-9-18(10-12-19)22-25-26-23(29-21-14-13-20(28)15-21)27(22)16-17-7-5-4-6-8-17/h4-12,21H,13-16H2,1-3H3/t21-/m1/s1. The maximum Gasteiger partial charge on any atom is 0.192 e. The van der Waals surface area contributed by atoms with E-state index < -0.39 is 0 Å². The summed E-state index contributed by atoms with van der Waals surface area (Å²) in [5.41, 5.74) is 3.70. The Bertz CT molecular complexity index is 987. The van der Waals surface area contributed by atoms with Crippen molar-refractivity contribution in [2.45, 2.75) is 62.4 Å². The normalized spacial score (nSPS) is 17.1. The van der Waals surface area contributed by atoms with Crippen molar-refractivity contribution < 1.29 is 4.79 Å². The first kappa shape index (κ1) is 19.9. The molecule has 3 aromatic rings. The molecule has 0 saturated heterocycles. The van der Waals surface area contributed by atoms with Crippen LogP contribution in [-0.4, -0.2) is 25.8 Å². The quantitative estimate of drug-likeness (QED) is 0.562. The predicted octanol–water partition coefficient (Wildman–Crippen LogP) is 5.50. The summed E-state index contributed by atoms with van der Waals surface area (Å²) < 4.78 is 2.19. The van der Waals surface area contributed by atoms with Crippen LogP contribution in [0.5, 0.6) is 0 Å². The van der Waals surface area contributed by atoms with Crippen LogP contribution in [0.3, 0.4) is 0 Å². The molecule has 1 aliphatic carbocycles. The molecule has 0 amide bonds. The highest BCUT2D eigenvalue weighted by Gasteiger charge is 2.26. The molecule has 2 aromatic carbocycles. The lowest BCUT2D eigenvalue weighted by molar-refractivity contribution is -0.117. The van der Waals surface area contributed by atoms with Gasteiger partial charge < -0.3 is 0 Å². The first-order valence-corrected chi connectivity index (χ1v) is 11.0. The van der Waals surface area contributed by atoms with Gasteiger partial charge in [-0.1, -0.05) is 87.1 Å². The zero-order valence-corrected chi connectivity index (χ0v) is 18.1. The molecule has 0 N–H and O–H groups in total. The third-order valence-electron chi connectivity index (χ3n) is 5.38. The molecule has 1 atom stereocenters. The number of benzene rings is 2. The highest BCUT2D eigenvalue weighted by atomic mass is 32.2. The largest absolute Gasteiger partial charge is 0.300 e. The molecular weight excluding hydrogens is 378 g/mol. The fourth-order valence-corrected chi connectivity index (χ4v) is 4.82. The summed E-state index contributed by atoms with van der Waals surface area (Å²) >= 11 is 1.69. The van der Waals surface area contributed by atoms with Crippen LogP contribution >= 0.6 is 11.8 Å². The number of rotatable bonds is 5. The molecule has 0 unspecified atom stereocenters. The molecular formula is C24H27N3OS. The second-order valence-electron chi connectivity index (χ2n) is 8.73. The summed E-state index contributed by atoms with van der Waals surface area (Å²) in [7, 11) is 0. The lowest BCUT2D eigenvalue weighted by Gasteiger charge is -2.19. The van der Waals surface area contributed by atoms with Crippen molar-refractivity contribution in [1.82, 2.24) is 14.8 Å². The van der Waals surface area contributed by atoms with Gasteiger partial charge in [-0.25, -0.2) is 0 Å². The van der Waals surface area contributed by atoms with Gasteiger partial charge in [0, 0.05) is 23.7 Å². The van der Waals surface area contributed by atoms with Gasteiger partial charge in [0.1, 0.15) is 5.78 Å². The molecule has 0 bridgehead atoms. The Morgan fingerprint density at radius 2 is 1.76 bits per heavy atom. The van der Waals surface area contributed by atoms with Gasteiger partial charge in [-0.2, -0.15) is 0 Å². The van der Waals surface area contributed by atoms with Crippen LogP contribution in [-0.2, 0) is 16.8 Å². The number of carbonyl (C=O) groups is 1. The van der Waals surface area contributed by atoms with Crippen molar-refractivity contribution in [1.29, 1.82) is 0 Å². The van der Waals surface area contributed by atoms with Crippen LogP contribution in [0.15, 0.2) is 59.8 Å². The summed E-state index contributed by atoms with van der Waals surface area (Å²) in [6, 6.07) is 19.0. The number of aromatic nitrogens is 3. The number of hydrogen-bond acceptors (Lipinski definition) is 4. The van der Waals surface area contributed by atoms with E-state index in [1.165, 1.54) is 11.1 Å². The first-order valence-electron chi connectivity index (χ1n) is 10.2. The van der Waals surface area contributed by atoms with E-state index in [9.17, 15) is 4.79 Å². The first-order chi connectivity index (χ1) is 13.9. The number of nitrogens with zero attached hydrogens (tertiary/aromatic N) is 3. The molecule has 0 radical (unpaired) electrons.